The molecule has 23 heavy (non-hydrogen) atoms. The molecule has 0 spiro atoms. The Morgan fingerprint density at radius 1 is 1.35 bits per heavy atom. The van der Waals surface area contributed by atoms with Crippen LogP contribution in [0.3, 0.4) is 0 Å². The Hall–Kier alpha value is -1.21. The van der Waals surface area contributed by atoms with Gasteiger partial charge in [-0.15, -0.1) is 36.2 Å². The van der Waals surface area contributed by atoms with Crippen molar-refractivity contribution in [2.24, 2.45) is 5.73 Å². The molecule has 2 rings (SSSR count). The van der Waals surface area contributed by atoms with Gasteiger partial charge in [-0.2, -0.15) is 0 Å². The lowest BCUT2D eigenvalue weighted by Crippen LogP contribution is -2.39. The highest BCUT2D eigenvalue weighted by molar-refractivity contribution is 7.16. The van der Waals surface area contributed by atoms with Crippen molar-refractivity contribution in [2.45, 2.75) is 32.2 Å². The predicted octanol–water partition coefficient (Wildman–Crippen LogP) is 3.30. The van der Waals surface area contributed by atoms with Gasteiger partial charge in [0.2, 0.25) is 0 Å². The quantitative estimate of drug-likeness (QED) is 0.776. The lowest BCUT2D eigenvalue weighted by atomic mass is 10.1. The van der Waals surface area contributed by atoms with E-state index in [0.29, 0.717) is 11.4 Å². The number of thiazole rings is 1. The molecule has 0 fully saturated rings. The van der Waals surface area contributed by atoms with Crippen LogP contribution in [-0.2, 0) is 0 Å². The van der Waals surface area contributed by atoms with Crippen LogP contribution >= 0.6 is 36.2 Å². The third kappa shape index (κ3) is 6.43. The van der Waals surface area contributed by atoms with Gasteiger partial charge in [-0.05, 0) is 18.6 Å². The van der Waals surface area contributed by atoms with Gasteiger partial charge in [0.25, 0.3) is 5.91 Å². The summed E-state index contributed by atoms with van der Waals surface area (Å²) < 4.78 is 0. The largest absolute Gasteiger partial charge is 0.347 e. The molecule has 8 heteroatoms. The summed E-state index contributed by atoms with van der Waals surface area (Å²) in [5.41, 5.74) is 6.48. The summed E-state index contributed by atoms with van der Waals surface area (Å²) in [6.07, 6.45) is 6.37. The highest BCUT2D eigenvalue weighted by Gasteiger charge is 2.15. The number of pyridine rings is 1. The van der Waals surface area contributed by atoms with Gasteiger partial charge in [0, 0.05) is 18.8 Å². The number of hydrogen-bond donors (Lipinski definition) is 2. The van der Waals surface area contributed by atoms with Crippen molar-refractivity contribution >= 4 is 42.1 Å². The summed E-state index contributed by atoms with van der Waals surface area (Å²) in [6, 6.07) is 5.66. The molecule has 2 aromatic heterocycles. The van der Waals surface area contributed by atoms with Crippen LogP contribution in [0.2, 0.25) is 0 Å². The van der Waals surface area contributed by atoms with E-state index in [4.69, 9.17) is 5.73 Å². The van der Waals surface area contributed by atoms with Crippen LogP contribution in [0.5, 0.6) is 0 Å². The fraction of sp³-hybridized carbons (Fsp3) is 0.400. The predicted molar refractivity (Wildman–Crippen MR) is 99.7 cm³/mol. The van der Waals surface area contributed by atoms with Gasteiger partial charge in [0.15, 0.2) is 0 Å². The first-order chi connectivity index (χ1) is 10.2. The summed E-state index contributed by atoms with van der Waals surface area (Å²) in [6.45, 7) is 2.58. The number of amides is 1. The van der Waals surface area contributed by atoms with Crippen molar-refractivity contribution in [3.8, 4) is 10.7 Å². The fourth-order valence-electron chi connectivity index (χ4n) is 1.94. The molecule has 1 amide bonds. The van der Waals surface area contributed by atoms with E-state index in [1.165, 1.54) is 11.3 Å². The summed E-state index contributed by atoms with van der Waals surface area (Å²) >= 11 is 1.34. The monoisotopic (exact) mass is 376 g/mol. The Morgan fingerprint density at radius 3 is 2.74 bits per heavy atom. The second kappa shape index (κ2) is 11.3. The second-order valence-electron chi connectivity index (χ2n) is 4.79. The van der Waals surface area contributed by atoms with Crippen LogP contribution in [0.15, 0.2) is 30.6 Å². The van der Waals surface area contributed by atoms with Crippen LogP contribution < -0.4 is 11.1 Å². The van der Waals surface area contributed by atoms with Crippen molar-refractivity contribution in [1.82, 2.24) is 15.3 Å². The number of aromatic nitrogens is 2. The molecule has 0 aliphatic rings. The van der Waals surface area contributed by atoms with Gasteiger partial charge in [0.05, 0.1) is 11.9 Å². The van der Waals surface area contributed by atoms with Gasteiger partial charge >= 0.3 is 0 Å². The minimum Gasteiger partial charge on any atom is -0.347 e. The van der Waals surface area contributed by atoms with E-state index >= 15 is 0 Å². The SMILES string of the molecule is CCCCC(CN)NC(=O)c1cnc(-c2ccccn2)s1.Cl.Cl. The summed E-state index contributed by atoms with van der Waals surface area (Å²) in [4.78, 5) is 21.3. The average Bonchev–Trinajstić information content (AvgIpc) is 3.02. The van der Waals surface area contributed by atoms with E-state index in [1.54, 1.807) is 12.4 Å². The van der Waals surface area contributed by atoms with Crippen molar-refractivity contribution in [1.29, 1.82) is 0 Å². The molecular formula is C15H22Cl2N4OS. The van der Waals surface area contributed by atoms with E-state index in [1.807, 2.05) is 18.2 Å². The van der Waals surface area contributed by atoms with E-state index in [9.17, 15) is 4.79 Å². The molecule has 0 saturated carbocycles. The summed E-state index contributed by atoms with van der Waals surface area (Å²) in [7, 11) is 0. The molecule has 0 aliphatic carbocycles. The number of nitrogens with one attached hydrogen (secondary N) is 1. The third-order valence-electron chi connectivity index (χ3n) is 3.14. The Balaban J connectivity index is 0.00000242. The maximum atomic E-state index is 12.2. The van der Waals surface area contributed by atoms with E-state index < -0.39 is 0 Å². The Bertz CT molecular complexity index is 580. The number of carbonyl (C=O) groups is 1. The Kier molecular flexibility index (Phi) is 10.7. The van der Waals surface area contributed by atoms with Crippen molar-refractivity contribution in [2.75, 3.05) is 6.54 Å². The molecule has 0 saturated heterocycles. The lowest BCUT2D eigenvalue weighted by Gasteiger charge is -2.15. The molecule has 0 aromatic carbocycles. The number of unbranched alkanes of at least 4 members (excludes halogenated alkanes) is 1. The second-order valence-corrected chi connectivity index (χ2v) is 5.82. The molecule has 5 nitrogen and oxygen atoms in total. The van der Waals surface area contributed by atoms with Gasteiger partial charge in [-0.1, -0.05) is 25.8 Å². The number of nitrogens with zero attached hydrogens (tertiary/aromatic N) is 2. The number of hydrogen-bond acceptors (Lipinski definition) is 5. The first-order valence-electron chi connectivity index (χ1n) is 7.12. The minimum atomic E-state index is -0.110. The van der Waals surface area contributed by atoms with Gasteiger partial charge in [-0.3, -0.25) is 9.78 Å². The first-order valence-corrected chi connectivity index (χ1v) is 7.94. The van der Waals surface area contributed by atoms with Crippen molar-refractivity contribution in [3.05, 3.63) is 35.5 Å². The molecule has 0 aliphatic heterocycles. The van der Waals surface area contributed by atoms with Gasteiger partial charge < -0.3 is 11.1 Å². The topological polar surface area (TPSA) is 80.9 Å². The van der Waals surface area contributed by atoms with Crippen LogP contribution in [0.4, 0.5) is 0 Å². The smallest absolute Gasteiger partial charge is 0.263 e. The number of halogens is 2. The van der Waals surface area contributed by atoms with Crippen LogP contribution in [0.1, 0.15) is 35.9 Å². The van der Waals surface area contributed by atoms with Crippen molar-refractivity contribution < 1.29 is 4.79 Å². The molecule has 1 atom stereocenters. The molecule has 0 radical (unpaired) electrons. The highest BCUT2D eigenvalue weighted by Crippen LogP contribution is 2.23. The zero-order valence-corrected chi connectivity index (χ0v) is 15.3. The highest BCUT2D eigenvalue weighted by atomic mass is 35.5. The normalized spacial score (nSPS) is 11.0. The zero-order chi connectivity index (χ0) is 15.1. The maximum Gasteiger partial charge on any atom is 0.263 e. The molecule has 0 bridgehead atoms. The molecule has 3 N–H and O–H groups in total. The number of carbonyl (C=O) groups excluding carboxylic acids is 1. The lowest BCUT2D eigenvalue weighted by molar-refractivity contribution is 0.0939. The molecule has 2 heterocycles. The maximum absolute atomic E-state index is 12.2. The van der Waals surface area contributed by atoms with Crippen LogP contribution in [-0.4, -0.2) is 28.5 Å². The fourth-order valence-corrected chi connectivity index (χ4v) is 2.74. The number of rotatable bonds is 7. The summed E-state index contributed by atoms with van der Waals surface area (Å²) in [5.74, 6) is -0.110. The van der Waals surface area contributed by atoms with Gasteiger partial charge in [-0.25, -0.2) is 4.98 Å². The standard InChI is InChI=1S/C15H20N4OS.2ClH/c1-2-3-6-11(9-16)19-14(20)13-10-18-15(21-13)12-7-4-5-8-17-12;;/h4-5,7-8,10-11H,2-3,6,9,16H2,1H3,(H,19,20);2*1H. The minimum absolute atomic E-state index is 0. The van der Waals surface area contributed by atoms with E-state index in [2.05, 4.69) is 22.2 Å². The van der Waals surface area contributed by atoms with Gasteiger partial charge in [0.1, 0.15) is 9.88 Å². The van der Waals surface area contributed by atoms with Crippen molar-refractivity contribution in [3.63, 3.8) is 0 Å². The summed E-state index contributed by atoms with van der Waals surface area (Å²) in [5, 5.41) is 3.72. The molecule has 2 aromatic rings. The Morgan fingerprint density at radius 2 is 2.13 bits per heavy atom. The Labute approximate surface area is 152 Å². The third-order valence-corrected chi connectivity index (χ3v) is 4.16. The van der Waals surface area contributed by atoms with Crippen LogP contribution in [0.25, 0.3) is 10.7 Å². The zero-order valence-electron chi connectivity index (χ0n) is 12.9. The average molecular weight is 377 g/mol. The molecular weight excluding hydrogens is 355 g/mol. The molecule has 128 valence electrons. The number of nitrogens with two attached hydrogens (primary N) is 1. The van der Waals surface area contributed by atoms with E-state index in [0.717, 1.165) is 30.0 Å². The van der Waals surface area contributed by atoms with E-state index in [-0.39, 0.29) is 36.8 Å². The first kappa shape index (κ1) is 21.8. The van der Waals surface area contributed by atoms with Crippen LogP contribution in [0, 0.1) is 0 Å². The molecule has 1 unspecified atom stereocenters.